The maximum absolute atomic E-state index is 13.3. The van der Waals surface area contributed by atoms with Crippen LogP contribution in [0.25, 0.3) is 0 Å². The lowest BCUT2D eigenvalue weighted by Gasteiger charge is -2.19. The van der Waals surface area contributed by atoms with E-state index in [4.69, 9.17) is 0 Å². The van der Waals surface area contributed by atoms with Crippen LogP contribution in [0.15, 0.2) is 30.6 Å². The molecule has 0 fully saturated rings. The Kier molecular flexibility index (Phi) is 4.21. The number of hydrogen-bond acceptors (Lipinski definition) is 3. The molecule has 0 bridgehead atoms. The maximum Gasteiger partial charge on any atom is 0.159 e. The fourth-order valence-electron chi connectivity index (χ4n) is 1.90. The van der Waals surface area contributed by atoms with E-state index in [1.54, 1.807) is 18.5 Å². The molecule has 2 rings (SSSR count). The largest absolute Gasteiger partial charge is 0.309 e. The third-order valence-electron chi connectivity index (χ3n) is 2.89. The smallest absolute Gasteiger partial charge is 0.159 e. The lowest BCUT2D eigenvalue weighted by atomic mass is 10.0. The lowest BCUT2D eigenvalue weighted by molar-refractivity contribution is 0.341. The van der Waals surface area contributed by atoms with Crippen LogP contribution in [-0.2, 0) is 0 Å². The minimum absolute atomic E-state index is 0.201. The van der Waals surface area contributed by atoms with Gasteiger partial charge in [-0.05, 0) is 44.8 Å². The summed E-state index contributed by atoms with van der Waals surface area (Å²) < 4.78 is 26.3. The second-order valence-corrected chi connectivity index (χ2v) is 4.63. The van der Waals surface area contributed by atoms with Gasteiger partial charge in [-0.1, -0.05) is 6.07 Å². The second kappa shape index (κ2) is 5.88. The first kappa shape index (κ1) is 13.6. The highest BCUT2D eigenvalue weighted by Gasteiger charge is 2.17. The van der Waals surface area contributed by atoms with Crippen molar-refractivity contribution in [3.63, 3.8) is 0 Å². The predicted octanol–water partition coefficient (Wildman–Crippen LogP) is 2.10. The number of benzene rings is 1. The molecule has 1 atom stereocenters. The molecule has 0 aliphatic heterocycles. The standard InChI is InChI=1S/C13H16F2N4/c1-18(2)8-5-13(19-16-6-7-17-19)10-3-4-11(14)12(15)9-10/h3-4,6-7,9,13H,5,8H2,1-2H3. The third-order valence-corrected chi connectivity index (χ3v) is 2.89. The summed E-state index contributed by atoms with van der Waals surface area (Å²) in [6.45, 7) is 0.797. The molecule has 19 heavy (non-hydrogen) atoms. The lowest BCUT2D eigenvalue weighted by Crippen LogP contribution is -2.21. The maximum atomic E-state index is 13.3. The van der Waals surface area contributed by atoms with Crippen molar-refractivity contribution in [2.75, 3.05) is 20.6 Å². The zero-order valence-corrected chi connectivity index (χ0v) is 10.9. The van der Waals surface area contributed by atoms with Crippen LogP contribution in [0.4, 0.5) is 8.78 Å². The molecule has 1 heterocycles. The molecule has 6 heteroatoms. The molecular formula is C13H16F2N4. The van der Waals surface area contributed by atoms with Gasteiger partial charge in [-0.2, -0.15) is 15.0 Å². The summed E-state index contributed by atoms with van der Waals surface area (Å²) in [5.41, 5.74) is 0.664. The van der Waals surface area contributed by atoms with Crippen LogP contribution < -0.4 is 0 Å². The van der Waals surface area contributed by atoms with E-state index in [-0.39, 0.29) is 6.04 Å². The van der Waals surface area contributed by atoms with Gasteiger partial charge in [-0.15, -0.1) is 0 Å². The summed E-state index contributed by atoms with van der Waals surface area (Å²) in [5.74, 6) is -1.69. The van der Waals surface area contributed by atoms with Gasteiger partial charge in [-0.25, -0.2) is 8.78 Å². The molecule has 0 radical (unpaired) electrons. The average molecular weight is 266 g/mol. The van der Waals surface area contributed by atoms with Gasteiger partial charge < -0.3 is 4.90 Å². The Bertz CT molecular complexity index is 525. The quantitative estimate of drug-likeness (QED) is 0.831. The summed E-state index contributed by atoms with van der Waals surface area (Å²) in [6.07, 6.45) is 3.86. The van der Waals surface area contributed by atoms with E-state index in [0.717, 1.165) is 12.6 Å². The number of halogens is 2. The first-order chi connectivity index (χ1) is 9.08. The van der Waals surface area contributed by atoms with Crippen molar-refractivity contribution in [2.45, 2.75) is 12.5 Å². The van der Waals surface area contributed by atoms with E-state index in [9.17, 15) is 8.78 Å². The average Bonchev–Trinajstić information content (AvgIpc) is 2.87. The van der Waals surface area contributed by atoms with Crippen molar-refractivity contribution in [1.29, 1.82) is 0 Å². The Hall–Kier alpha value is -1.82. The molecule has 4 nitrogen and oxygen atoms in total. The third kappa shape index (κ3) is 3.35. The number of aromatic nitrogens is 3. The summed E-state index contributed by atoms with van der Waals surface area (Å²) >= 11 is 0. The molecular weight excluding hydrogens is 250 g/mol. The van der Waals surface area contributed by atoms with E-state index >= 15 is 0 Å². The minimum atomic E-state index is -0.848. The highest BCUT2D eigenvalue weighted by atomic mass is 19.2. The van der Waals surface area contributed by atoms with Crippen LogP contribution in [0.2, 0.25) is 0 Å². The highest BCUT2D eigenvalue weighted by Crippen LogP contribution is 2.22. The van der Waals surface area contributed by atoms with E-state index in [1.165, 1.54) is 10.9 Å². The molecule has 102 valence electrons. The Balaban J connectivity index is 2.28. The van der Waals surface area contributed by atoms with Crippen molar-refractivity contribution in [3.8, 4) is 0 Å². The molecule has 1 aromatic heterocycles. The first-order valence-corrected chi connectivity index (χ1v) is 6.03. The van der Waals surface area contributed by atoms with Crippen molar-refractivity contribution in [1.82, 2.24) is 19.9 Å². The zero-order valence-electron chi connectivity index (χ0n) is 10.9. The predicted molar refractivity (Wildman–Crippen MR) is 67.7 cm³/mol. The number of rotatable bonds is 5. The van der Waals surface area contributed by atoms with Gasteiger partial charge in [0.25, 0.3) is 0 Å². The highest BCUT2D eigenvalue weighted by molar-refractivity contribution is 5.21. The Morgan fingerprint density at radius 2 is 1.84 bits per heavy atom. The Labute approximate surface area is 110 Å². The van der Waals surface area contributed by atoms with E-state index in [2.05, 4.69) is 10.2 Å². The number of nitrogens with zero attached hydrogens (tertiary/aromatic N) is 4. The van der Waals surface area contributed by atoms with Crippen LogP contribution in [0.3, 0.4) is 0 Å². The summed E-state index contributed by atoms with van der Waals surface area (Å²) in [5, 5.41) is 8.19. The molecule has 0 N–H and O–H groups in total. The molecule has 1 aromatic carbocycles. The molecule has 1 unspecified atom stereocenters. The van der Waals surface area contributed by atoms with E-state index < -0.39 is 11.6 Å². The Morgan fingerprint density at radius 1 is 1.16 bits per heavy atom. The van der Waals surface area contributed by atoms with Crippen molar-refractivity contribution in [3.05, 3.63) is 47.8 Å². The van der Waals surface area contributed by atoms with Crippen molar-refractivity contribution < 1.29 is 8.78 Å². The monoisotopic (exact) mass is 266 g/mol. The summed E-state index contributed by atoms with van der Waals surface area (Å²) in [7, 11) is 3.91. The van der Waals surface area contributed by atoms with Crippen molar-refractivity contribution in [2.24, 2.45) is 0 Å². The molecule has 0 aliphatic carbocycles. The van der Waals surface area contributed by atoms with Gasteiger partial charge in [0.05, 0.1) is 18.4 Å². The van der Waals surface area contributed by atoms with Gasteiger partial charge in [0.1, 0.15) is 0 Å². The SMILES string of the molecule is CN(C)CCC(c1ccc(F)c(F)c1)n1nccn1. The normalized spacial score (nSPS) is 12.9. The van der Waals surface area contributed by atoms with E-state index in [0.29, 0.717) is 12.0 Å². The molecule has 0 amide bonds. The fourth-order valence-corrected chi connectivity index (χ4v) is 1.90. The van der Waals surface area contributed by atoms with Crippen LogP contribution in [-0.4, -0.2) is 40.5 Å². The van der Waals surface area contributed by atoms with Gasteiger partial charge in [0, 0.05) is 0 Å². The molecule has 2 aromatic rings. The van der Waals surface area contributed by atoms with Crippen LogP contribution >= 0.6 is 0 Å². The Morgan fingerprint density at radius 3 is 2.42 bits per heavy atom. The second-order valence-electron chi connectivity index (χ2n) is 4.63. The minimum Gasteiger partial charge on any atom is -0.309 e. The molecule has 0 saturated heterocycles. The number of hydrogen-bond donors (Lipinski definition) is 0. The fraction of sp³-hybridized carbons (Fsp3) is 0.385. The summed E-state index contributed by atoms with van der Waals surface area (Å²) in [4.78, 5) is 3.55. The summed E-state index contributed by atoms with van der Waals surface area (Å²) in [6, 6.07) is 3.71. The van der Waals surface area contributed by atoms with Gasteiger partial charge in [0.2, 0.25) is 0 Å². The molecule has 0 aliphatic rings. The van der Waals surface area contributed by atoms with Gasteiger partial charge in [0.15, 0.2) is 11.6 Å². The van der Waals surface area contributed by atoms with E-state index in [1.807, 2.05) is 19.0 Å². The van der Waals surface area contributed by atoms with Gasteiger partial charge in [-0.3, -0.25) is 0 Å². The molecule has 0 spiro atoms. The molecule has 0 saturated carbocycles. The zero-order chi connectivity index (χ0) is 13.8. The van der Waals surface area contributed by atoms with Crippen LogP contribution in [0.1, 0.15) is 18.0 Å². The topological polar surface area (TPSA) is 34.0 Å². The van der Waals surface area contributed by atoms with Crippen molar-refractivity contribution >= 4 is 0 Å². The van der Waals surface area contributed by atoms with Crippen LogP contribution in [0, 0.1) is 11.6 Å². The van der Waals surface area contributed by atoms with Crippen LogP contribution in [0.5, 0.6) is 0 Å². The first-order valence-electron chi connectivity index (χ1n) is 6.03. The van der Waals surface area contributed by atoms with Gasteiger partial charge >= 0.3 is 0 Å².